The average Bonchev–Trinajstić information content (AvgIpc) is 3.31. The maximum atomic E-state index is 14.0. The summed E-state index contributed by atoms with van der Waals surface area (Å²) in [5.41, 5.74) is 0.493. The molecule has 11 heteroatoms. The van der Waals surface area contributed by atoms with E-state index < -0.39 is 29.5 Å². The van der Waals surface area contributed by atoms with Crippen molar-refractivity contribution in [3.8, 4) is 5.75 Å². The van der Waals surface area contributed by atoms with Crippen molar-refractivity contribution < 1.29 is 18.7 Å². The van der Waals surface area contributed by atoms with Crippen LogP contribution in [0, 0.1) is 5.82 Å². The number of amides is 1. The fraction of sp³-hybridized carbons (Fsp3) is 0.280. The molecule has 0 aliphatic carbocycles. The Morgan fingerprint density at radius 2 is 1.83 bits per heavy atom. The van der Waals surface area contributed by atoms with Crippen molar-refractivity contribution in [3.63, 3.8) is 0 Å². The molecule has 0 fully saturated rings. The van der Waals surface area contributed by atoms with Crippen molar-refractivity contribution in [2.45, 2.75) is 26.2 Å². The largest absolute Gasteiger partial charge is 0.494 e. The molecule has 36 heavy (non-hydrogen) atoms. The Balaban J connectivity index is 1.66. The lowest BCUT2D eigenvalue weighted by atomic mass is 10.2. The molecule has 1 N–H and O–H groups in total. The summed E-state index contributed by atoms with van der Waals surface area (Å²) >= 11 is 0. The predicted molar refractivity (Wildman–Crippen MR) is 130 cm³/mol. The fourth-order valence-corrected chi connectivity index (χ4v) is 3.87. The van der Waals surface area contributed by atoms with Crippen LogP contribution in [0.1, 0.15) is 11.1 Å². The third-order valence-corrected chi connectivity index (χ3v) is 5.71. The molecule has 10 nitrogen and oxygen atoms in total. The van der Waals surface area contributed by atoms with Crippen molar-refractivity contribution in [1.29, 1.82) is 0 Å². The van der Waals surface area contributed by atoms with E-state index in [1.807, 2.05) is 30.3 Å². The maximum absolute atomic E-state index is 14.0. The van der Waals surface area contributed by atoms with Gasteiger partial charge in [-0.3, -0.25) is 14.2 Å². The smallest absolute Gasteiger partial charge is 0.333 e. The van der Waals surface area contributed by atoms with Crippen LogP contribution < -0.4 is 21.3 Å². The van der Waals surface area contributed by atoms with Crippen LogP contribution in [-0.4, -0.2) is 45.4 Å². The fourth-order valence-electron chi connectivity index (χ4n) is 3.87. The lowest BCUT2D eigenvalue weighted by Gasteiger charge is -2.13. The molecule has 0 saturated carbocycles. The molecule has 2 aromatic carbocycles. The molecule has 0 bridgehead atoms. The number of imidazole rings is 1. The first-order valence-corrected chi connectivity index (χ1v) is 11.2. The molecule has 0 aliphatic heterocycles. The minimum absolute atomic E-state index is 0.0146. The Morgan fingerprint density at radius 3 is 2.53 bits per heavy atom. The Kier molecular flexibility index (Phi) is 7.59. The second-order valence-corrected chi connectivity index (χ2v) is 8.09. The molecular weight excluding hydrogens is 469 g/mol. The van der Waals surface area contributed by atoms with Gasteiger partial charge in [0.1, 0.15) is 6.54 Å². The first-order chi connectivity index (χ1) is 17.4. The van der Waals surface area contributed by atoms with Gasteiger partial charge >= 0.3 is 5.69 Å². The number of carbonyl (C=O) groups excluding carboxylic acids is 1. The summed E-state index contributed by atoms with van der Waals surface area (Å²) in [5.74, 6) is -1.04. The Hall–Kier alpha value is -4.25. The highest BCUT2D eigenvalue weighted by Gasteiger charge is 2.20. The molecule has 0 radical (unpaired) electrons. The van der Waals surface area contributed by atoms with Gasteiger partial charge in [-0.25, -0.2) is 18.7 Å². The van der Waals surface area contributed by atoms with E-state index in [0.717, 1.165) is 10.1 Å². The van der Waals surface area contributed by atoms with Gasteiger partial charge in [0.25, 0.3) is 5.56 Å². The number of benzene rings is 2. The molecule has 0 spiro atoms. The maximum Gasteiger partial charge on any atom is 0.333 e. The second kappa shape index (κ2) is 11.0. The standard InChI is InChI=1S/C25H26FN5O5/c1-35-11-10-29-16-28-23-22(29)24(33)31(25(34)30(23)14-17-6-4-3-5-7-17)15-21(32)27-13-18-8-9-20(36-2)19(26)12-18/h3-9,12,16H,10-11,13-15H2,1-2H3,(H,27,32). The first-order valence-electron chi connectivity index (χ1n) is 11.2. The van der Waals surface area contributed by atoms with Crippen molar-refractivity contribution in [2.24, 2.45) is 0 Å². The van der Waals surface area contributed by atoms with Crippen LogP contribution in [0.3, 0.4) is 0 Å². The summed E-state index contributed by atoms with van der Waals surface area (Å²) in [6, 6.07) is 13.6. The number of hydrogen-bond acceptors (Lipinski definition) is 6. The van der Waals surface area contributed by atoms with Crippen molar-refractivity contribution in [3.05, 3.63) is 92.6 Å². The van der Waals surface area contributed by atoms with Gasteiger partial charge in [-0.1, -0.05) is 36.4 Å². The summed E-state index contributed by atoms with van der Waals surface area (Å²) < 4.78 is 27.8. The van der Waals surface area contributed by atoms with E-state index in [9.17, 15) is 18.8 Å². The lowest BCUT2D eigenvalue weighted by Crippen LogP contribution is -2.44. The predicted octanol–water partition coefficient (Wildman–Crippen LogP) is 1.52. The number of halogens is 1. The van der Waals surface area contributed by atoms with Crippen molar-refractivity contribution in [2.75, 3.05) is 20.8 Å². The summed E-state index contributed by atoms with van der Waals surface area (Å²) in [6.07, 6.45) is 1.48. The average molecular weight is 496 g/mol. The van der Waals surface area contributed by atoms with E-state index in [2.05, 4.69) is 10.3 Å². The molecular formula is C25H26FN5O5. The van der Waals surface area contributed by atoms with Gasteiger partial charge in [-0.2, -0.15) is 0 Å². The van der Waals surface area contributed by atoms with Crippen LogP contribution in [0.15, 0.2) is 64.4 Å². The van der Waals surface area contributed by atoms with E-state index in [1.54, 1.807) is 17.7 Å². The minimum Gasteiger partial charge on any atom is -0.494 e. The number of methoxy groups -OCH3 is 2. The van der Waals surface area contributed by atoms with Crippen molar-refractivity contribution >= 4 is 17.1 Å². The number of ether oxygens (including phenoxy) is 2. The van der Waals surface area contributed by atoms with Crippen LogP contribution in [0.5, 0.6) is 5.75 Å². The SMILES string of the molecule is COCCn1cnc2c1c(=O)n(CC(=O)NCc1ccc(OC)c(F)c1)c(=O)n2Cc1ccccc1. The zero-order valence-corrected chi connectivity index (χ0v) is 19.9. The Morgan fingerprint density at radius 1 is 1.06 bits per heavy atom. The first kappa shape index (κ1) is 24.9. The second-order valence-electron chi connectivity index (χ2n) is 8.09. The van der Waals surface area contributed by atoms with Crippen LogP contribution in [0.4, 0.5) is 4.39 Å². The number of aromatic nitrogens is 4. The highest BCUT2D eigenvalue weighted by Crippen LogP contribution is 2.17. The van der Waals surface area contributed by atoms with Crippen LogP contribution >= 0.6 is 0 Å². The molecule has 0 saturated heterocycles. The molecule has 4 aromatic rings. The van der Waals surface area contributed by atoms with Gasteiger partial charge in [0, 0.05) is 20.2 Å². The van der Waals surface area contributed by atoms with Gasteiger partial charge in [0.15, 0.2) is 22.7 Å². The van der Waals surface area contributed by atoms with Crippen LogP contribution in [-0.2, 0) is 35.7 Å². The zero-order valence-electron chi connectivity index (χ0n) is 19.9. The van der Waals surface area contributed by atoms with E-state index in [0.29, 0.717) is 18.7 Å². The molecule has 0 atom stereocenters. The van der Waals surface area contributed by atoms with Gasteiger partial charge in [0.2, 0.25) is 5.91 Å². The van der Waals surface area contributed by atoms with Gasteiger partial charge in [-0.05, 0) is 23.3 Å². The van der Waals surface area contributed by atoms with E-state index >= 15 is 0 Å². The molecule has 2 aromatic heterocycles. The number of carbonyl (C=O) groups is 1. The monoisotopic (exact) mass is 495 g/mol. The normalized spacial score (nSPS) is 11.1. The molecule has 1 amide bonds. The quantitative estimate of drug-likeness (QED) is 0.357. The van der Waals surface area contributed by atoms with E-state index in [4.69, 9.17) is 9.47 Å². The minimum atomic E-state index is -0.654. The van der Waals surface area contributed by atoms with Crippen LogP contribution in [0.2, 0.25) is 0 Å². The van der Waals surface area contributed by atoms with Gasteiger partial charge < -0.3 is 19.4 Å². The summed E-state index contributed by atoms with van der Waals surface area (Å²) in [6.45, 7) is 0.365. The van der Waals surface area contributed by atoms with Gasteiger partial charge in [-0.15, -0.1) is 0 Å². The summed E-state index contributed by atoms with van der Waals surface area (Å²) in [4.78, 5) is 43.7. The number of rotatable bonds is 10. The Bertz CT molecular complexity index is 1490. The number of nitrogens with zero attached hydrogens (tertiary/aromatic N) is 4. The van der Waals surface area contributed by atoms with E-state index in [1.165, 1.54) is 30.1 Å². The summed E-state index contributed by atoms with van der Waals surface area (Å²) in [7, 11) is 2.90. The van der Waals surface area contributed by atoms with Crippen molar-refractivity contribution in [1.82, 2.24) is 24.0 Å². The number of nitrogens with one attached hydrogen (secondary N) is 1. The van der Waals surface area contributed by atoms with E-state index in [-0.39, 0.29) is 30.0 Å². The number of fused-ring (bicyclic) bond motifs is 1. The topological polar surface area (TPSA) is 109 Å². The molecule has 2 heterocycles. The summed E-state index contributed by atoms with van der Waals surface area (Å²) in [5, 5.41) is 2.63. The highest BCUT2D eigenvalue weighted by molar-refractivity contribution is 5.76. The third-order valence-electron chi connectivity index (χ3n) is 5.71. The molecule has 188 valence electrons. The molecule has 0 unspecified atom stereocenters. The third kappa shape index (κ3) is 5.20. The lowest BCUT2D eigenvalue weighted by molar-refractivity contribution is -0.121. The Labute approximate surface area is 205 Å². The molecule has 0 aliphatic rings. The molecule has 4 rings (SSSR count). The van der Waals surface area contributed by atoms with Crippen LogP contribution in [0.25, 0.3) is 11.2 Å². The zero-order chi connectivity index (χ0) is 25.7. The highest BCUT2D eigenvalue weighted by atomic mass is 19.1. The van der Waals surface area contributed by atoms with Gasteiger partial charge in [0.05, 0.1) is 26.6 Å². The number of hydrogen-bond donors (Lipinski definition) is 1.